The fourth-order valence-corrected chi connectivity index (χ4v) is 4.16. The van der Waals surface area contributed by atoms with E-state index in [4.69, 9.17) is 0 Å². The van der Waals surface area contributed by atoms with Crippen molar-refractivity contribution in [1.82, 2.24) is 14.9 Å². The van der Waals surface area contributed by atoms with Gasteiger partial charge in [-0.1, -0.05) is 22.0 Å². The lowest BCUT2D eigenvalue weighted by molar-refractivity contribution is 0.507. The summed E-state index contributed by atoms with van der Waals surface area (Å²) in [4.78, 5) is 7.01. The van der Waals surface area contributed by atoms with Crippen molar-refractivity contribution in [2.45, 2.75) is 32.4 Å². The monoisotopic (exact) mass is 374 g/mol. The van der Waals surface area contributed by atoms with E-state index in [-0.39, 0.29) is 0 Å². The van der Waals surface area contributed by atoms with Crippen molar-refractivity contribution in [2.24, 2.45) is 5.92 Å². The quantitative estimate of drug-likeness (QED) is 0.871. The van der Waals surface area contributed by atoms with Crippen molar-refractivity contribution in [3.8, 4) is 0 Å². The molecule has 23 heavy (non-hydrogen) atoms. The first kappa shape index (κ1) is 15.2. The Labute approximate surface area is 146 Å². The predicted octanol–water partition coefficient (Wildman–Crippen LogP) is 3.21. The summed E-state index contributed by atoms with van der Waals surface area (Å²) in [5.41, 5.74) is 2.68. The van der Waals surface area contributed by atoms with E-state index >= 15 is 0 Å². The van der Waals surface area contributed by atoms with E-state index < -0.39 is 0 Å². The highest BCUT2D eigenvalue weighted by Gasteiger charge is 2.23. The molecule has 0 amide bonds. The minimum absolute atomic E-state index is 0.731. The molecule has 2 aliphatic rings. The third-order valence-corrected chi connectivity index (χ3v) is 5.49. The van der Waals surface area contributed by atoms with Gasteiger partial charge >= 0.3 is 0 Å². The van der Waals surface area contributed by atoms with Gasteiger partial charge in [0, 0.05) is 55.5 Å². The van der Waals surface area contributed by atoms with Crippen molar-refractivity contribution in [2.75, 3.05) is 24.5 Å². The van der Waals surface area contributed by atoms with E-state index in [9.17, 15) is 0 Å². The largest absolute Gasteiger partial charge is 0.371 e. The summed E-state index contributed by atoms with van der Waals surface area (Å²) in [5, 5.41) is 3.65. The number of imidazole rings is 1. The van der Waals surface area contributed by atoms with Crippen LogP contribution in [-0.4, -0.2) is 29.2 Å². The molecule has 2 aromatic rings. The zero-order valence-corrected chi connectivity index (χ0v) is 14.9. The molecule has 0 spiro atoms. The van der Waals surface area contributed by atoms with Crippen LogP contribution >= 0.6 is 15.9 Å². The van der Waals surface area contributed by atoms with E-state index in [1.807, 2.05) is 6.20 Å². The van der Waals surface area contributed by atoms with Gasteiger partial charge in [-0.15, -0.1) is 0 Å². The fourth-order valence-electron chi connectivity index (χ4n) is 3.77. The second kappa shape index (κ2) is 6.65. The van der Waals surface area contributed by atoms with Crippen LogP contribution in [0.4, 0.5) is 5.69 Å². The molecule has 1 atom stereocenters. The number of benzene rings is 1. The first-order valence-corrected chi connectivity index (χ1v) is 9.33. The lowest BCUT2D eigenvalue weighted by Crippen LogP contribution is -2.26. The Morgan fingerprint density at radius 1 is 1.30 bits per heavy atom. The van der Waals surface area contributed by atoms with Gasteiger partial charge in [0.2, 0.25) is 0 Å². The second-order valence-corrected chi connectivity index (χ2v) is 7.55. The molecule has 0 bridgehead atoms. The summed E-state index contributed by atoms with van der Waals surface area (Å²) in [7, 11) is 0. The highest BCUT2D eigenvalue weighted by atomic mass is 79.9. The van der Waals surface area contributed by atoms with E-state index in [2.05, 4.69) is 60.0 Å². The number of hydrogen-bond donors (Lipinski definition) is 1. The van der Waals surface area contributed by atoms with Gasteiger partial charge in [0.15, 0.2) is 0 Å². The number of halogens is 1. The molecule has 1 aromatic carbocycles. The molecule has 122 valence electrons. The molecule has 1 unspecified atom stereocenters. The molecular weight excluding hydrogens is 352 g/mol. The Bertz CT molecular complexity index is 681. The summed E-state index contributed by atoms with van der Waals surface area (Å²) in [6.45, 7) is 5.48. The van der Waals surface area contributed by atoms with Crippen molar-refractivity contribution in [3.63, 3.8) is 0 Å². The van der Waals surface area contributed by atoms with Crippen LogP contribution in [0.3, 0.4) is 0 Å². The number of rotatable bonds is 5. The van der Waals surface area contributed by atoms with Crippen LogP contribution < -0.4 is 10.2 Å². The average molecular weight is 375 g/mol. The summed E-state index contributed by atoms with van der Waals surface area (Å²) in [5.74, 6) is 2.00. The first-order chi connectivity index (χ1) is 11.3. The number of nitrogens with zero attached hydrogens (tertiary/aromatic N) is 3. The SMILES string of the molecule is Brc1cccc(N2CCC(CNCc3cnc4n3CCC4)C2)c1. The van der Waals surface area contributed by atoms with Gasteiger partial charge in [0.1, 0.15) is 5.82 Å². The van der Waals surface area contributed by atoms with Gasteiger partial charge in [-0.2, -0.15) is 0 Å². The van der Waals surface area contributed by atoms with Crippen LogP contribution in [0, 0.1) is 5.92 Å². The molecule has 1 N–H and O–H groups in total. The number of hydrogen-bond acceptors (Lipinski definition) is 3. The molecule has 1 fully saturated rings. The van der Waals surface area contributed by atoms with Crippen molar-refractivity contribution < 1.29 is 0 Å². The van der Waals surface area contributed by atoms with Gasteiger partial charge in [-0.05, 0) is 37.0 Å². The Kier molecular flexibility index (Phi) is 4.40. The Hall–Kier alpha value is -1.33. The molecule has 4 nitrogen and oxygen atoms in total. The molecule has 5 heteroatoms. The van der Waals surface area contributed by atoms with Crippen LogP contribution in [0.15, 0.2) is 34.9 Å². The minimum Gasteiger partial charge on any atom is -0.371 e. The first-order valence-electron chi connectivity index (χ1n) is 8.54. The van der Waals surface area contributed by atoms with Crippen molar-refractivity contribution >= 4 is 21.6 Å². The third kappa shape index (κ3) is 3.31. The van der Waals surface area contributed by atoms with Crippen LogP contribution in [0.2, 0.25) is 0 Å². The van der Waals surface area contributed by atoms with Gasteiger partial charge in [0.05, 0.1) is 5.69 Å². The molecule has 0 radical (unpaired) electrons. The lowest BCUT2D eigenvalue weighted by atomic mass is 10.1. The number of fused-ring (bicyclic) bond motifs is 1. The van der Waals surface area contributed by atoms with Crippen LogP contribution in [0.25, 0.3) is 0 Å². The average Bonchev–Trinajstić information content (AvgIpc) is 3.25. The summed E-state index contributed by atoms with van der Waals surface area (Å²) >= 11 is 3.57. The molecule has 1 aromatic heterocycles. The van der Waals surface area contributed by atoms with Gasteiger partial charge in [-0.25, -0.2) is 4.98 Å². The molecule has 2 aliphatic heterocycles. The van der Waals surface area contributed by atoms with Gasteiger partial charge in [0.25, 0.3) is 0 Å². The maximum absolute atomic E-state index is 4.52. The Morgan fingerprint density at radius 2 is 2.26 bits per heavy atom. The number of anilines is 1. The molecule has 3 heterocycles. The molecule has 1 saturated heterocycles. The topological polar surface area (TPSA) is 33.1 Å². The van der Waals surface area contributed by atoms with Gasteiger partial charge < -0.3 is 14.8 Å². The Balaban J connectivity index is 1.28. The van der Waals surface area contributed by atoms with Crippen LogP contribution in [-0.2, 0) is 19.5 Å². The number of aromatic nitrogens is 2. The molecule has 4 rings (SSSR count). The zero-order valence-electron chi connectivity index (χ0n) is 13.3. The highest BCUT2D eigenvalue weighted by Crippen LogP contribution is 2.26. The van der Waals surface area contributed by atoms with E-state index in [0.717, 1.165) is 49.5 Å². The van der Waals surface area contributed by atoms with E-state index in [1.165, 1.54) is 30.0 Å². The van der Waals surface area contributed by atoms with Crippen molar-refractivity contribution in [1.29, 1.82) is 0 Å². The number of aryl methyl sites for hydroxylation is 1. The fraction of sp³-hybridized carbons (Fsp3) is 0.500. The number of nitrogens with one attached hydrogen (secondary N) is 1. The summed E-state index contributed by atoms with van der Waals surface area (Å²) in [6, 6.07) is 8.62. The van der Waals surface area contributed by atoms with Crippen LogP contribution in [0.1, 0.15) is 24.4 Å². The van der Waals surface area contributed by atoms with Crippen molar-refractivity contribution in [3.05, 3.63) is 46.5 Å². The maximum Gasteiger partial charge on any atom is 0.108 e. The predicted molar refractivity (Wildman–Crippen MR) is 96.7 cm³/mol. The van der Waals surface area contributed by atoms with E-state index in [0.29, 0.717) is 0 Å². The van der Waals surface area contributed by atoms with Crippen LogP contribution in [0.5, 0.6) is 0 Å². The molecule has 0 aliphatic carbocycles. The van der Waals surface area contributed by atoms with E-state index in [1.54, 1.807) is 0 Å². The summed E-state index contributed by atoms with van der Waals surface area (Å²) < 4.78 is 3.54. The zero-order chi connectivity index (χ0) is 15.6. The minimum atomic E-state index is 0.731. The Morgan fingerprint density at radius 3 is 3.17 bits per heavy atom. The molecular formula is C18H23BrN4. The summed E-state index contributed by atoms with van der Waals surface area (Å²) in [6.07, 6.45) is 5.71. The standard InChI is InChI=1S/C18H23BrN4/c19-15-3-1-4-16(9-15)22-8-6-14(13-22)10-20-11-17-12-21-18-5-2-7-23(17)18/h1,3-4,9,12,14,20H,2,5-8,10-11,13H2. The smallest absolute Gasteiger partial charge is 0.108 e. The maximum atomic E-state index is 4.52. The molecule has 0 saturated carbocycles. The van der Waals surface area contributed by atoms with Gasteiger partial charge in [-0.3, -0.25) is 0 Å². The highest BCUT2D eigenvalue weighted by molar-refractivity contribution is 9.10. The normalized spacial score (nSPS) is 20.2. The lowest BCUT2D eigenvalue weighted by Gasteiger charge is -2.19. The third-order valence-electron chi connectivity index (χ3n) is 5.00. The second-order valence-electron chi connectivity index (χ2n) is 6.63.